The summed E-state index contributed by atoms with van der Waals surface area (Å²) in [6, 6.07) is 7.84. The summed E-state index contributed by atoms with van der Waals surface area (Å²) in [5.41, 5.74) is 1.10. The largest absolute Gasteiger partial charge is 0.455 e. The quantitative estimate of drug-likeness (QED) is 0.375. The van der Waals surface area contributed by atoms with Gasteiger partial charge in [0.2, 0.25) is 11.8 Å². The number of imide groups is 2. The lowest BCUT2D eigenvalue weighted by Crippen LogP contribution is -2.54. The van der Waals surface area contributed by atoms with Crippen LogP contribution in [0.1, 0.15) is 77.7 Å². The van der Waals surface area contributed by atoms with Gasteiger partial charge in [-0.1, -0.05) is 0 Å². The van der Waals surface area contributed by atoms with E-state index >= 15 is 0 Å². The van der Waals surface area contributed by atoms with Crippen LogP contribution in [0.2, 0.25) is 0 Å². The topological polar surface area (TPSA) is 145 Å². The first-order valence-electron chi connectivity index (χ1n) is 15.6. The van der Waals surface area contributed by atoms with Gasteiger partial charge in [0, 0.05) is 57.9 Å². The average Bonchev–Trinajstić information content (AvgIpc) is 3.26. The van der Waals surface area contributed by atoms with Crippen molar-refractivity contribution in [3.8, 4) is 0 Å². The Labute approximate surface area is 261 Å². The fourth-order valence-electron chi connectivity index (χ4n) is 6.49. The van der Waals surface area contributed by atoms with E-state index in [4.69, 9.17) is 4.74 Å². The predicted octanol–water partition coefficient (Wildman–Crippen LogP) is 1.87. The van der Waals surface area contributed by atoms with Crippen LogP contribution in [0.5, 0.6) is 0 Å². The van der Waals surface area contributed by atoms with Crippen LogP contribution in [-0.2, 0) is 14.3 Å². The number of nitrogens with one attached hydrogen (secondary N) is 1. The number of rotatable bonds is 6. The molecule has 0 aliphatic carbocycles. The predicted molar refractivity (Wildman–Crippen MR) is 164 cm³/mol. The van der Waals surface area contributed by atoms with Crippen LogP contribution in [0.3, 0.4) is 0 Å². The third kappa shape index (κ3) is 6.53. The van der Waals surface area contributed by atoms with Gasteiger partial charge in [-0.25, -0.2) is 4.79 Å². The van der Waals surface area contributed by atoms with Crippen LogP contribution >= 0.6 is 0 Å². The number of ether oxygens (including phenoxy) is 1. The number of hydrogen-bond donors (Lipinski definition) is 1. The van der Waals surface area contributed by atoms with Crippen molar-refractivity contribution in [2.45, 2.75) is 58.1 Å². The third-order valence-corrected chi connectivity index (χ3v) is 8.87. The summed E-state index contributed by atoms with van der Waals surface area (Å²) >= 11 is 0. The van der Waals surface area contributed by atoms with Crippen molar-refractivity contribution in [1.29, 1.82) is 0 Å². The number of nitrogens with zero attached hydrogens (tertiary/aromatic N) is 6. The highest BCUT2D eigenvalue weighted by molar-refractivity contribution is 6.23. The number of fused-ring (bicyclic) bond motifs is 1. The summed E-state index contributed by atoms with van der Waals surface area (Å²) in [7, 11) is 0. The summed E-state index contributed by atoms with van der Waals surface area (Å²) in [5.74, 6) is -1.11. The molecule has 1 atom stereocenters. The van der Waals surface area contributed by atoms with Crippen molar-refractivity contribution in [3.05, 3.63) is 47.2 Å². The monoisotopic (exact) mass is 617 g/mol. The van der Waals surface area contributed by atoms with E-state index in [1.807, 2.05) is 32.9 Å². The Morgan fingerprint density at radius 2 is 1.58 bits per heavy atom. The van der Waals surface area contributed by atoms with E-state index in [1.54, 1.807) is 18.2 Å². The normalized spacial score (nSPS) is 21.7. The number of carbonyl (C=O) groups excluding carboxylic acids is 5. The third-order valence-electron chi connectivity index (χ3n) is 8.87. The minimum Gasteiger partial charge on any atom is -0.455 e. The number of esters is 1. The van der Waals surface area contributed by atoms with Gasteiger partial charge < -0.3 is 14.5 Å². The number of anilines is 2. The first-order chi connectivity index (χ1) is 21.5. The molecule has 4 aliphatic heterocycles. The molecule has 1 aromatic heterocycles. The number of carbonyl (C=O) groups is 5. The van der Waals surface area contributed by atoms with E-state index in [9.17, 15) is 24.0 Å². The highest BCUT2D eigenvalue weighted by atomic mass is 16.6. The van der Waals surface area contributed by atoms with Crippen LogP contribution in [0.4, 0.5) is 11.5 Å². The molecule has 3 saturated heterocycles. The molecule has 13 nitrogen and oxygen atoms in total. The van der Waals surface area contributed by atoms with Crippen LogP contribution in [0, 0.1) is 5.92 Å². The number of hydrogen-bond acceptors (Lipinski definition) is 11. The first-order valence-corrected chi connectivity index (χ1v) is 15.6. The molecule has 238 valence electrons. The molecule has 13 heteroatoms. The second kappa shape index (κ2) is 12.2. The minimum absolute atomic E-state index is 0.0955. The molecule has 0 radical (unpaired) electrons. The van der Waals surface area contributed by atoms with Gasteiger partial charge in [0.1, 0.15) is 11.6 Å². The van der Waals surface area contributed by atoms with Gasteiger partial charge >= 0.3 is 5.97 Å². The Morgan fingerprint density at radius 1 is 0.867 bits per heavy atom. The molecule has 1 N–H and O–H groups in total. The average molecular weight is 618 g/mol. The van der Waals surface area contributed by atoms with Gasteiger partial charge in [0.05, 0.1) is 11.1 Å². The summed E-state index contributed by atoms with van der Waals surface area (Å²) in [6.07, 6.45) is 2.32. The van der Waals surface area contributed by atoms with Crippen molar-refractivity contribution in [3.63, 3.8) is 0 Å². The first kappa shape index (κ1) is 30.6. The Bertz CT molecular complexity index is 1500. The summed E-state index contributed by atoms with van der Waals surface area (Å²) in [4.78, 5) is 70.3. The molecule has 3 fully saturated rings. The van der Waals surface area contributed by atoms with E-state index in [2.05, 4.69) is 30.2 Å². The lowest BCUT2D eigenvalue weighted by molar-refractivity contribution is -0.136. The van der Waals surface area contributed by atoms with Crippen molar-refractivity contribution in [1.82, 2.24) is 25.3 Å². The van der Waals surface area contributed by atoms with E-state index in [1.165, 1.54) is 0 Å². The van der Waals surface area contributed by atoms with Gasteiger partial charge in [0.15, 0.2) is 11.5 Å². The zero-order valence-electron chi connectivity index (χ0n) is 26.0. The molecule has 0 bridgehead atoms. The lowest BCUT2D eigenvalue weighted by Gasteiger charge is -2.39. The van der Waals surface area contributed by atoms with Crippen LogP contribution in [0.15, 0.2) is 30.3 Å². The minimum atomic E-state index is -0.966. The standard InChI is InChI=1S/C32H39N7O6/c1-32(2,3)45-31(44)24-6-8-26(35-34-24)38-12-10-20(11-13-38)19-36-14-16-37(17-15-36)21-4-5-22-23(18-21)30(43)39(29(22)42)25-7-9-27(40)33-28(25)41/h4-6,8,18,20,25H,7,9-17,19H2,1-3H3,(H,33,40,41). The van der Waals surface area contributed by atoms with Crippen molar-refractivity contribution in [2.75, 3.05) is 55.6 Å². The molecule has 1 unspecified atom stereocenters. The number of benzene rings is 1. The van der Waals surface area contributed by atoms with Crippen LogP contribution < -0.4 is 15.1 Å². The van der Waals surface area contributed by atoms with Crippen molar-refractivity contribution >= 4 is 41.1 Å². The molecule has 4 amide bonds. The van der Waals surface area contributed by atoms with Gasteiger partial charge in [-0.2, -0.15) is 0 Å². The lowest BCUT2D eigenvalue weighted by atomic mass is 9.96. The molecule has 1 aromatic carbocycles. The Balaban J connectivity index is 0.981. The molecule has 6 rings (SSSR count). The van der Waals surface area contributed by atoms with Gasteiger partial charge in [0.25, 0.3) is 11.8 Å². The Morgan fingerprint density at radius 3 is 2.22 bits per heavy atom. The molecule has 0 saturated carbocycles. The smallest absolute Gasteiger partial charge is 0.359 e. The zero-order chi connectivity index (χ0) is 31.9. The molecule has 4 aliphatic rings. The second-order valence-corrected chi connectivity index (χ2v) is 13.2. The maximum absolute atomic E-state index is 13.2. The van der Waals surface area contributed by atoms with Crippen molar-refractivity contribution in [2.24, 2.45) is 5.92 Å². The fourth-order valence-corrected chi connectivity index (χ4v) is 6.49. The van der Waals surface area contributed by atoms with E-state index < -0.39 is 41.2 Å². The number of piperazine rings is 1. The molecule has 0 spiro atoms. The van der Waals surface area contributed by atoms with E-state index in [0.717, 1.165) is 75.1 Å². The molecule has 2 aromatic rings. The Kier molecular flexibility index (Phi) is 8.29. The van der Waals surface area contributed by atoms with Crippen LogP contribution in [0.25, 0.3) is 0 Å². The van der Waals surface area contributed by atoms with Crippen LogP contribution in [-0.4, -0.2) is 107 Å². The number of amides is 4. The Hall–Kier alpha value is -4.39. The maximum atomic E-state index is 13.2. The molecular formula is C32H39N7O6. The van der Waals surface area contributed by atoms with Crippen molar-refractivity contribution < 1.29 is 28.7 Å². The summed E-state index contributed by atoms with van der Waals surface area (Å²) in [6.45, 7) is 11.6. The van der Waals surface area contributed by atoms with E-state index in [0.29, 0.717) is 17.0 Å². The SMILES string of the molecule is CC(C)(C)OC(=O)c1ccc(N2CCC(CN3CCN(c4ccc5c(c4)C(=O)N(C4CCC(=O)NC4=O)C5=O)CC3)CC2)nn1. The van der Waals surface area contributed by atoms with E-state index in [-0.39, 0.29) is 18.5 Å². The zero-order valence-corrected chi connectivity index (χ0v) is 26.0. The molecular weight excluding hydrogens is 578 g/mol. The highest BCUT2D eigenvalue weighted by Crippen LogP contribution is 2.31. The highest BCUT2D eigenvalue weighted by Gasteiger charge is 2.44. The summed E-state index contributed by atoms with van der Waals surface area (Å²) < 4.78 is 5.37. The van der Waals surface area contributed by atoms with Gasteiger partial charge in [-0.05, 0) is 76.3 Å². The number of piperidine rings is 2. The second-order valence-electron chi connectivity index (χ2n) is 13.2. The maximum Gasteiger partial charge on any atom is 0.359 e. The molecule has 5 heterocycles. The van der Waals surface area contributed by atoms with Gasteiger partial charge in [-0.15, -0.1) is 10.2 Å². The fraction of sp³-hybridized carbons (Fsp3) is 0.531. The van der Waals surface area contributed by atoms with Gasteiger partial charge in [-0.3, -0.25) is 34.3 Å². The molecule has 45 heavy (non-hydrogen) atoms. The summed E-state index contributed by atoms with van der Waals surface area (Å²) in [5, 5.41) is 10.6. The number of aromatic nitrogens is 2.